The van der Waals surface area contributed by atoms with E-state index in [1.807, 2.05) is 56.1 Å². The van der Waals surface area contributed by atoms with Crippen molar-refractivity contribution in [2.75, 3.05) is 13.7 Å². The number of aromatic amines is 1. The summed E-state index contributed by atoms with van der Waals surface area (Å²) in [6.45, 7) is 6.44. The maximum absolute atomic E-state index is 12.6. The molecule has 0 radical (unpaired) electrons. The lowest BCUT2D eigenvalue weighted by Gasteiger charge is -2.36. The molecule has 1 aromatic heterocycles. The van der Waals surface area contributed by atoms with Crippen LogP contribution in [-0.4, -0.2) is 46.3 Å². The first-order valence-electron chi connectivity index (χ1n) is 9.53. The van der Waals surface area contributed by atoms with Crippen molar-refractivity contribution in [1.82, 2.24) is 14.9 Å². The van der Waals surface area contributed by atoms with Gasteiger partial charge in [-0.2, -0.15) is 0 Å². The molecule has 0 saturated carbocycles. The summed E-state index contributed by atoms with van der Waals surface area (Å²) in [6, 6.07) is 7.98. The quantitative estimate of drug-likeness (QED) is 0.864. The van der Waals surface area contributed by atoms with Crippen LogP contribution in [0, 0.1) is 0 Å². The highest BCUT2D eigenvalue weighted by molar-refractivity contribution is 5.68. The van der Waals surface area contributed by atoms with Crippen LogP contribution in [-0.2, 0) is 11.2 Å². The van der Waals surface area contributed by atoms with Crippen molar-refractivity contribution in [3.05, 3.63) is 36.3 Å². The maximum atomic E-state index is 12.6. The molecular formula is C21H29N3O3. The number of hydrogen-bond acceptors (Lipinski definition) is 4. The molecule has 1 N–H and O–H groups in total. The normalized spacial score (nSPS) is 17.6. The highest BCUT2D eigenvalue weighted by atomic mass is 16.6. The summed E-state index contributed by atoms with van der Waals surface area (Å²) in [7, 11) is 1.66. The number of imidazole rings is 1. The Balaban J connectivity index is 1.71. The van der Waals surface area contributed by atoms with Gasteiger partial charge in [0.2, 0.25) is 0 Å². The predicted octanol–water partition coefficient (Wildman–Crippen LogP) is 4.42. The van der Waals surface area contributed by atoms with Crippen LogP contribution in [0.3, 0.4) is 0 Å². The van der Waals surface area contributed by atoms with Gasteiger partial charge >= 0.3 is 6.09 Å². The first kappa shape index (κ1) is 19.3. The van der Waals surface area contributed by atoms with Crippen LogP contribution in [0.1, 0.15) is 45.9 Å². The summed E-state index contributed by atoms with van der Waals surface area (Å²) in [4.78, 5) is 22.4. The lowest BCUT2D eigenvalue weighted by molar-refractivity contribution is 0.00976. The average Bonchev–Trinajstić information content (AvgIpc) is 3.09. The molecule has 0 aliphatic carbocycles. The first-order chi connectivity index (χ1) is 12.9. The fourth-order valence-electron chi connectivity index (χ4n) is 3.40. The molecule has 2 heterocycles. The number of piperidine rings is 1. The summed E-state index contributed by atoms with van der Waals surface area (Å²) in [5.74, 6) is 1.69. The second kappa shape index (κ2) is 8.03. The second-order valence-electron chi connectivity index (χ2n) is 8.00. The molecule has 1 aromatic carbocycles. The molecule has 1 amide bonds. The minimum absolute atomic E-state index is 0.109. The van der Waals surface area contributed by atoms with E-state index in [0.29, 0.717) is 6.42 Å². The summed E-state index contributed by atoms with van der Waals surface area (Å²) in [5.41, 5.74) is 1.49. The van der Waals surface area contributed by atoms with Gasteiger partial charge < -0.3 is 19.4 Å². The Bertz CT molecular complexity index is 779. The molecule has 1 aliphatic rings. The van der Waals surface area contributed by atoms with Gasteiger partial charge in [-0.1, -0.05) is 12.1 Å². The van der Waals surface area contributed by atoms with Crippen molar-refractivity contribution in [2.45, 2.75) is 58.1 Å². The highest BCUT2D eigenvalue weighted by Crippen LogP contribution is 2.25. The van der Waals surface area contributed by atoms with E-state index in [1.54, 1.807) is 7.11 Å². The molecule has 6 heteroatoms. The monoisotopic (exact) mass is 371 g/mol. The largest absolute Gasteiger partial charge is 0.497 e. The molecule has 1 aliphatic heterocycles. The van der Waals surface area contributed by atoms with Crippen molar-refractivity contribution in [3.63, 3.8) is 0 Å². The minimum atomic E-state index is -0.483. The Kier molecular flexibility index (Phi) is 5.73. The van der Waals surface area contributed by atoms with E-state index >= 15 is 0 Å². The zero-order valence-electron chi connectivity index (χ0n) is 16.6. The topological polar surface area (TPSA) is 67.4 Å². The molecule has 0 bridgehead atoms. The van der Waals surface area contributed by atoms with Gasteiger partial charge in [-0.15, -0.1) is 0 Å². The maximum Gasteiger partial charge on any atom is 0.410 e. The molecule has 1 saturated heterocycles. The number of ether oxygens (including phenoxy) is 2. The third-order valence-electron chi connectivity index (χ3n) is 4.69. The van der Waals surface area contributed by atoms with Crippen LogP contribution in [0.15, 0.2) is 30.5 Å². The predicted molar refractivity (Wildman–Crippen MR) is 105 cm³/mol. The number of methoxy groups -OCH3 is 1. The summed E-state index contributed by atoms with van der Waals surface area (Å²) >= 11 is 0. The van der Waals surface area contributed by atoms with E-state index in [4.69, 9.17) is 9.47 Å². The van der Waals surface area contributed by atoms with Gasteiger partial charge in [-0.3, -0.25) is 0 Å². The molecule has 1 fully saturated rings. The summed E-state index contributed by atoms with van der Waals surface area (Å²) < 4.78 is 10.9. The number of likely N-dealkylation sites (tertiary alicyclic amines) is 1. The third kappa shape index (κ3) is 5.02. The fraction of sp³-hybridized carbons (Fsp3) is 0.524. The second-order valence-corrected chi connectivity index (χ2v) is 8.00. The van der Waals surface area contributed by atoms with Gasteiger partial charge in [0.25, 0.3) is 0 Å². The lowest BCUT2D eigenvalue weighted by atomic mass is 9.99. The SMILES string of the molecule is COc1cccc(-c2cnc(CC3CCCCN3C(=O)OC(C)(C)C)[nH]2)c1. The van der Waals surface area contributed by atoms with E-state index in [9.17, 15) is 4.79 Å². The first-order valence-corrected chi connectivity index (χ1v) is 9.53. The Morgan fingerprint density at radius 2 is 2.15 bits per heavy atom. The van der Waals surface area contributed by atoms with Crippen LogP contribution in [0.2, 0.25) is 0 Å². The van der Waals surface area contributed by atoms with Crippen molar-refractivity contribution in [2.24, 2.45) is 0 Å². The van der Waals surface area contributed by atoms with Gasteiger partial charge in [-0.25, -0.2) is 9.78 Å². The third-order valence-corrected chi connectivity index (χ3v) is 4.69. The molecular weight excluding hydrogens is 342 g/mol. The van der Waals surface area contributed by atoms with E-state index in [1.165, 1.54) is 0 Å². The van der Waals surface area contributed by atoms with Gasteiger partial charge in [0.1, 0.15) is 17.2 Å². The summed E-state index contributed by atoms with van der Waals surface area (Å²) in [6.07, 6.45) is 5.41. The van der Waals surface area contributed by atoms with Crippen molar-refractivity contribution in [3.8, 4) is 17.0 Å². The van der Waals surface area contributed by atoms with Gasteiger partial charge in [0.05, 0.1) is 19.0 Å². The highest BCUT2D eigenvalue weighted by Gasteiger charge is 2.31. The Morgan fingerprint density at radius 3 is 2.89 bits per heavy atom. The minimum Gasteiger partial charge on any atom is -0.497 e. The van der Waals surface area contributed by atoms with Crippen molar-refractivity contribution < 1.29 is 14.3 Å². The van der Waals surface area contributed by atoms with Crippen LogP contribution in [0.25, 0.3) is 11.3 Å². The number of hydrogen-bond donors (Lipinski definition) is 1. The molecule has 2 aromatic rings. The lowest BCUT2D eigenvalue weighted by Crippen LogP contribution is -2.47. The Morgan fingerprint density at radius 1 is 1.33 bits per heavy atom. The summed E-state index contributed by atoms with van der Waals surface area (Å²) in [5, 5.41) is 0. The van der Waals surface area contributed by atoms with E-state index < -0.39 is 5.60 Å². The Labute approximate surface area is 160 Å². The van der Waals surface area contributed by atoms with Gasteiger partial charge in [0, 0.05) is 24.6 Å². The zero-order chi connectivity index (χ0) is 19.4. The number of carbonyl (C=O) groups is 1. The van der Waals surface area contributed by atoms with Crippen molar-refractivity contribution in [1.29, 1.82) is 0 Å². The number of nitrogens with zero attached hydrogens (tertiary/aromatic N) is 2. The van der Waals surface area contributed by atoms with Crippen LogP contribution < -0.4 is 4.74 Å². The molecule has 0 spiro atoms. The number of H-pyrrole nitrogens is 1. The molecule has 146 valence electrons. The number of nitrogens with one attached hydrogen (secondary N) is 1. The molecule has 6 nitrogen and oxygen atoms in total. The molecule has 27 heavy (non-hydrogen) atoms. The molecule has 1 atom stereocenters. The number of rotatable bonds is 4. The van der Waals surface area contributed by atoms with E-state index in [-0.39, 0.29) is 12.1 Å². The molecule has 3 rings (SSSR count). The van der Waals surface area contributed by atoms with Gasteiger partial charge in [0.15, 0.2) is 0 Å². The standard InChI is InChI=1S/C21H29N3O3/c1-21(2,3)27-20(25)24-11-6-5-9-16(24)13-19-22-14-18(23-19)15-8-7-10-17(12-15)26-4/h7-8,10,12,14,16H,5-6,9,11,13H2,1-4H3,(H,22,23). The number of carbonyl (C=O) groups excluding carboxylic acids is 1. The van der Waals surface area contributed by atoms with Crippen LogP contribution in [0.4, 0.5) is 4.79 Å². The Hall–Kier alpha value is -2.50. The van der Waals surface area contributed by atoms with Crippen LogP contribution in [0.5, 0.6) is 5.75 Å². The van der Waals surface area contributed by atoms with Crippen molar-refractivity contribution >= 4 is 6.09 Å². The van der Waals surface area contributed by atoms with E-state index in [0.717, 1.165) is 48.6 Å². The van der Waals surface area contributed by atoms with Crippen LogP contribution >= 0.6 is 0 Å². The zero-order valence-corrected chi connectivity index (χ0v) is 16.6. The van der Waals surface area contributed by atoms with E-state index in [2.05, 4.69) is 9.97 Å². The molecule has 1 unspecified atom stereocenters. The number of aromatic nitrogens is 2. The number of benzene rings is 1. The fourth-order valence-corrected chi connectivity index (χ4v) is 3.40. The van der Waals surface area contributed by atoms with Gasteiger partial charge in [-0.05, 0) is 52.2 Å². The average molecular weight is 371 g/mol. The number of amides is 1. The smallest absolute Gasteiger partial charge is 0.410 e.